The fourth-order valence-electron chi connectivity index (χ4n) is 2.76. The maximum absolute atomic E-state index is 12.2. The quantitative estimate of drug-likeness (QED) is 0.726. The summed E-state index contributed by atoms with van der Waals surface area (Å²) in [4.78, 5) is 29.1. The summed E-state index contributed by atoms with van der Waals surface area (Å²) in [5, 5.41) is 11.5. The van der Waals surface area contributed by atoms with Crippen molar-refractivity contribution < 1.29 is 9.53 Å². The second kappa shape index (κ2) is 9.59. The fraction of sp³-hybridized carbons (Fsp3) is 0.444. The Morgan fingerprint density at radius 3 is 2.67 bits per heavy atom. The van der Waals surface area contributed by atoms with Crippen LogP contribution in [0.25, 0.3) is 11.4 Å². The summed E-state index contributed by atoms with van der Waals surface area (Å²) in [6.07, 6.45) is 0.438. The van der Waals surface area contributed by atoms with Gasteiger partial charge in [-0.2, -0.15) is 0 Å². The number of hydrogen-bond donors (Lipinski definition) is 2. The topological polar surface area (TPSA) is 100 Å². The number of ether oxygens (including phenoxy) is 1. The Morgan fingerprint density at radius 2 is 1.96 bits per heavy atom. The Bertz CT molecular complexity index is 818. The van der Waals surface area contributed by atoms with Gasteiger partial charge in [0.15, 0.2) is 5.82 Å². The molecule has 2 aromatic rings. The number of carbonyl (C=O) groups is 1. The summed E-state index contributed by atoms with van der Waals surface area (Å²) >= 11 is 5.85. The van der Waals surface area contributed by atoms with Gasteiger partial charge in [-0.3, -0.25) is 14.5 Å². The van der Waals surface area contributed by atoms with Crippen LogP contribution in [0.1, 0.15) is 12.1 Å². The van der Waals surface area contributed by atoms with Crippen molar-refractivity contribution in [2.75, 3.05) is 39.4 Å². The monoisotopic (exact) mass is 391 g/mol. The molecule has 0 radical (unpaired) electrons. The van der Waals surface area contributed by atoms with E-state index in [9.17, 15) is 9.59 Å². The number of morpholine rings is 1. The molecule has 1 fully saturated rings. The molecule has 144 valence electrons. The lowest BCUT2D eigenvalue weighted by atomic mass is 10.2. The molecule has 1 aliphatic rings. The van der Waals surface area contributed by atoms with Crippen molar-refractivity contribution in [3.63, 3.8) is 0 Å². The fourth-order valence-corrected chi connectivity index (χ4v) is 2.89. The third-order valence-corrected chi connectivity index (χ3v) is 4.58. The zero-order valence-corrected chi connectivity index (χ0v) is 15.7. The summed E-state index contributed by atoms with van der Waals surface area (Å²) in [5.41, 5.74) is 0.628. The first-order chi connectivity index (χ1) is 13.1. The number of halogens is 1. The lowest BCUT2D eigenvalue weighted by molar-refractivity contribution is -0.121. The number of benzene rings is 1. The zero-order valence-electron chi connectivity index (χ0n) is 14.9. The van der Waals surface area contributed by atoms with Crippen molar-refractivity contribution >= 4 is 17.5 Å². The molecule has 0 saturated carbocycles. The van der Waals surface area contributed by atoms with E-state index in [1.54, 1.807) is 24.3 Å². The second-order valence-electron chi connectivity index (χ2n) is 6.26. The van der Waals surface area contributed by atoms with E-state index < -0.39 is 0 Å². The van der Waals surface area contributed by atoms with Crippen molar-refractivity contribution in [3.05, 3.63) is 45.3 Å². The molecule has 3 rings (SSSR count). The number of nitrogens with zero attached hydrogens (tertiary/aromatic N) is 3. The minimum absolute atomic E-state index is 0.105. The van der Waals surface area contributed by atoms with E-state index in [-0.39, 0.29) is 30.0 Å². The van der Waals surface area contributed by atoms with Gasteiger partial charge in [-0.25, -0.2) is 0 Å². The van der Waals surface area contributed by atoms with Crippen LogP contribution in [0.15, 0.2) is 29.1 Å². The molecule has 2 N–H and O–H groups in total. The van der Waals surface area contributed by atoms with E-state index in [4.69, 9.17) is 16.3 Å². The standard InChI is InChI=1S/C18H22ClN5O3/c19-14-3-1-13(2-4-14)17-21-18(26)15(22-23-17)5-6-16(25)20-7-8-24-9-11-27-12-10-24/h1-4H,5-12H2,(H,20,25)(H,21,23,26). The third-order valence-electron chi connectivity index (χ3n) is 4.33. The predicted octanol–water partition coefficient (Wildman–Crippen LogP) is 0.866. The summed E-state index contributed by atoms with van der Waals surface area (Å²) < 4.78 is 5.29. The van der Waals surface area contributed by atoms with Gasteiger partial charge in [0.25, 0.3) is 5.56 Å². The van der Waals surface area contributed by atoms with Crippen molar-refractivity contribution in [1.29, 1.82) is 0 Å². The smallest absolute Gasteiger partial charge is 0.273 e. The van der Waals surface area contributed by atoms with Crippen LogP contribution in [0.3, 0.4) is 0 Å². The summed E-state index contributed by atoms with van der Waals surface area (Å²) in [5.74, 6) is 0.265. The van der Waals surface area contributed by atoms with Crippen molar-refractivity contribution in [2.45, 2.75) is 12.8 Å². The number of rotatable bonds is 7. The summed E-state index contributed by atoms with van der Waals surface area (Å²) in [7, 11) is 0. The van der Waals surface area contributed by atoms with Crippen LogP contribution in [0.5, 0.6) is 0 Å². The molecule has 0 aliphatic carbocycles. The molecule has 1 aliphatic heterocycles. The van der Waals surface area contributed by atoms with E-state index in [1.807, 2.05) is 0 Å². The molecule has 1 aromatic heterocycles. The maximum Gasteiger partial charge on any atom is 0.273 e. The predicted molar refractivity (Wildman–Crippen MR) is 102 cm³/mol. The molecule has 0 spiro atoms. The van der Waals surface area contributed by atoms with Gasteiger partial charge in [0, 0.05) is 49.6 Å². The minimum atomic E-state index is -0.337. The SMILES string of the molecule is O=C(CCc1nnc(-c2ccc(Cl)cc2)[nH]c1=O)NCCN1CCOCC1. The number of aromatic amines is 1. The van der Waals surface area contributed by atoms with E-state index in [0.29, 0.717) is 17.4 Å². The van der Waals surface area contributed by atoms with Crippen molar-refractivity contribution in [1.82, 2.24) is 25.4 Å². The Kier molecular flexibility index (Phi) is 6.92. The van der Waals surface area contributed by atoms with Gasteiger partial charge in [-0.05, 0) is 24.3 Å². The highest BCUT2D eigenvalue weighted by Crippen LogP contribution is 2.16. The van der Waals surface area contributed by atoms with Gasteiger partial charge in [-0.15, -0.1) is 10.2 Å². The number of aryl methyl sites for hydroxylation is 1. The number of hydrogen-bond acceptors (Lipinski definition) is 6. The molecule has 0 atom stereocenters. The number of carbonyl (C=O) groups excluding carboxylic acids is 1. The third kappa shape index (κ3) is 5.85. The highest BCUT2D eigenvalue weighted by atomic mass is 35.5. The van der Waals surface area contributed by atoms with E-state index in [0.717, 1.165) is 38.4 Å². The highest BCUT2D eigenvalue weighted by Gasteiger charge is 2.12. The molecule has 27 heavy (non-hydrogen) atoms. The normalized spacial score (nSPS) is 14.9. The first kappa shape index (κ1) is 19.5. The Balaban J connectivity index is 1.46. The van der Waals surface area contributed by atoms with Crippen LogP contribution in [0.4, 0.5) is 0 Å². The lowest BCUT2D eigenvalue weighted by Crippen LogP contribution is -2.41. The molecule has 1 amide bonds. The number of aromatic nitrogens is 3. The Morgan fingerprint density at radius 1 is 1.22 bits per heavy atom. The molecule has 2 heterocycles. The van der Waals surface area contributed by atoms with Crippen LogP contribution in [-0.2, 0) is 16.0 Å². The second-order valence-corrected chi connectivity index (χ2v) is 6.70. The Labute approximate surface area is 161 Å². The lowest BCUT2D eigenvalue weighted by Gasteiger charge is -2.26. The average molecular weight is 392 g/mol. The molecule has 0 unspecified atom stereocenters. The summed E-state index contributed by atoms with van der Waals surface area (Å²) in [6.45, 7) is 4.63. The molecule has 9 heteroatoms. The van der Waals surface area contributed by atoms with Gasteiger partial charge in [-0.1, -0.05) is 11.6 Å². The van der Waals surface area contributed by atoms with Crippen LogP contribution in [0.2, 0.25) is 5.02 Å². The molecule has 1 saturated heterocycles. The highest BCUT2D eigenvalue weighted by molar-refractivity contribution is 6.30. The van der Waals surface area contributed by atoms with Gasteiger partial charge >= 0.3 is 0 Å². The number of amides is 1. The number of nitrogens with one attached hydrogen (secondary N) is 2. The van der Waals surface area contributed by atoms with Crippen molar-refractivity contribution in [3.8, 4) is 11.4 Å². The van der Waals surface area contributed by atoms with Crippen LogP contribution >= 0.6 is 11.6 Å². The minimum Gasteiger partial charge on any atom is -0.379 e. The van der Waals surface area contributed by atoms with Gasteiger partial charge in [0.05, 0.1) is 13.2 Å². The molecule has 0 bridgehead atoms. The molecule has 8 nitrogen and oxygen atoms in total. The van der Waals surface area contributed by atoms with E-state index >= 15 is 0 Å². The van der Waals surface area contributed by atoms with E-state index in [1.165, 1.54) is 0 Å². The summed E-state index contributed by atoms with van der Waals surface area (Å²) in [6, 6.07) is 6.94. The maximum atomic E-state index is 12.2. The van der Waals surface area contributed by atoms with Crippen LogP contribution in [-0.4, -0.2) is 65.4 Å². The Hall–Kier alpha value is -2.29. The molecular formula is C18H22ClN5O3. The molecular weight excluding hydrogens is 370 g/mol. The van der Waals surface area contributed by atoms with Crippen LogP contribution < -0.4 is 10.9 Å². The van der Waals surface area contributed by atoms with Gasteiger partial charge in [0.1, 0.15) is 5.69 Å². The average Bonchev–Trinajstić information content (AvgIpc) is 2.68. The van der Waals surface area contributed by atoms with Crippen molar-refractivity contribution in [2.24, 2.45) is 0 Å². The van der Waals surface area contributed by atoms with E-state index in [2.05, 4.69) is 25.4 Å². The van der Waals surface area contributed by atoms with Gasteiger partial charge in [0.2, 0.25) is 5.91 Å². The largest absolute Gasteiger partial charge is 0.379 e. The zero-order chi connectivity index (χ0) is 19.1. The first-order valence-electron chi connectivity index (χ1n) is 8.90. The molecule has 1 aromatic carbocycles. The van der Waals surface area contributed by atoms with Crippen LogP contribution in [0, 0.1) is 0 Å². The number of H-pyrrole nitrogens is 1. The van der Waals surface area contributed by atoms with Gasteiger partial charge < -0.3 is 15.0 Å². The first-order valence-corrected chi connectivity index (χ1v) is 9.28.